The van der Waals surface area contributed by atoms with E-state index < -0.39 is 0 Å². The number of fused-ring (bicyclic) bond motifs is 2. The van der Waals surface area contributed by atoms with Crippen LogP contribution in [0.25, 0.3) is 66.6 Å². The lowest BCUT2D eigenvalue weighted by Crippen LogP contribution is -2.05. The Morgan fingerprint density at radius 1 is 0.457 bits per heavy atom. The quantitative estimate of drug-likeness (QED) is 0.200. The molecule has 7 rings (SSSR count). The fourth-order valence-corrected chi connectivity index (χ4v) is 5.86. The molecule has 2 amide bonds. The van der Waals surface area contributed by atoms with Crippen molar-refractivity contribution in [2.24, 2.45) is 0 Å². The van der Waals surface area contributed by atoms with Crippen LogP contribution in [-0.4, -0.2) is 21.8 Å². The maximum absolute atomic E-state index is 11.8. The molecule has 0 bridgehead atoms. The van der Waals surface area contributed by atoms with Crippen molar-refractivity contribution >= 4 is 45.0 Å². The first kappa shape index (κ1) is 28.6. The van der Waals surface area contributed by atoms with Crippen LogP contribution in [0.4, 0.5) is 11.4 Å². The number of benzene rings is 5. The second-order valence-corrected chi connectivity index (χ2v) is 11.2. The maximum atomic E-state index is 11.8. The molecule has 0 aliphatic heterocycles. The Kier molecular flexibility index (Phi) is 7.53. The topological polar surface area (TPSA) is 84.0 Å². The van der Waals surface area contributed by atoms with Gasteiger partial charge in [0.25, 0.3) is 0 Å². The molecule has 7 aromatic rings. The van der Waals surface area contributed by atoms with Crippen molar-refractivity contribution in [3.63, 3.8) is 0 Å². The average Bonchev–Trinajstić information content (AvgIpc) is 3.07. The highest BCUT2D eigenvalue weighted by Gasteiger charge is 2.14. The number of aromatic nitrogens is 2. The molecule has 0 radical (unpaired) electrons. The summed E-state index contributed by atoms with van der Waals surface area (Å²) >= 11 is 0. The Hall–Kier alpha value is -6.14. The molecular weight excluding hydrogens is 568 g/mol. The summed E-state index contributed by atoms with van der Waals surface area (Å²) in [5, 5.41) is 7.71. The zero-order chi connectivity index (χ0) is 31.6. The maximum Gasteiger partial charge on any atom is 0.221 e. The second-order valence-electron chi connectivity index (χ2n) is 11.2. The third-order valence-corrected chi connectivity index (χ3v) is 7.88. The van der Waals surface area contributed by atoms with Gasteiger partial charge in [-0.25, -0.2) is 9.97 Å². The number of carbonyl (C=O) groups is 2. The third-order valence-electron chi connectivity index (χ3n) is 7.88. The molecular formula is C40H30N4O2. The van der Waals surface area contributed by atoms with E-state index in [0.29, 0.717) is 0 Å². The monoisotopic (exact) mass is 598 g/mol. The minimum Gasteiger partial charge on any atom is -0.326 e. The van der Waals surface area contributed by atoms with Crippen LogP contribution in [0.2, 0.25) is 0 Å². The highest BCUT2D eigenvalue weighted by Crippen LogP contribution is 2.37. The lowest BCUT2D eigenvalue weighted by molar-refractivity contribution is -0.115. The van der Waals surface area contributed by atoms with Gasteiger partial charge in [0.15, 0.2) is 0 Å². The van der Waals surface area contributed by atoms with E-state index in [0.717, 1.165) is 77.9 Å². The molecule has 0 aliphatic rings. The lowest BCUT2D eigenvalue weighted by atomic mass is 9.95. The highest BCUT2D eigenvalue weighted by molar-refractivity contribution is 6.02. The fourth-order valence-electron chi connectivity index (χ4n) is 5.86. The van der Waals surface area contributed by atoms with Gasteiger partial charge >= 0.3 is 0 Å². The largest absolute Gasteiger partial charge is 0.326 e. The van der Waals surface area contributed by atoms with Crippen molar-refractivity contribution in [1.82, 2.24) is 9.97 Å². The average molecular weight is 599 g/mol. The van der Waals surface area contributed by atoms with E-state index in [1.165, 1.54) is 13.8 Å². The van der Waals surface area contributed by atoms with Crippen LogP contribution in [-0.2, 0) is 9.59 Å². The van der Waals surface area contributed by atoms with Gasteiger partial charge < -0.3 is 10.6 Å². The van der Waals surface area contributed by atoms with Gasteiger partial charge in [-0.2, -0.15) is 0 Å². The van der Waals surface area contributed by atoms with Gasteiger partial charge in [0, 0.05) is 47.1 Å². The zero-order valence-corrected chi connectivity index (χ0v) is 25.4. The van der Waals surface area contributed by atoms with E-state index in [1.807, 2.05) is 78.9 Å². The minimum absolute atomic E-state index is 0.118. The molecule has 6 nitrogen and oxygen atoms in total. The predicted molar refractivity (Wildman–Crippen MR) is 187 cm³/mol. The van der Waals surface area contributed by atoms with Gasteiger partial charge in [0.1, 0.15) is 0 Å². The number of nitrogens with one attached hydrogen (secondary N) is 2. The van der Waals surface area contributed by atoms with Gasteiger partial charge in [-0.05, 0) is 76.9 Å². The Bertz CT molecular complexity index is 2110. The SMILES string of the molecule is CC(=O)Nc1ccc2nc(-c3cccc(-c4cc(-c5ccccc5)c5cc(NC(C)=O)ccc5n4)c3)cc(-c3ccccc3)c2c1. The molecule has 0 saturated carbocycles. The summed E-state index contributed by atoms with van der Waals surface area (Å²) in [5.74, 6) is -0.235. The van der Waals surface area contributed by atoms with Crippen molar-refractivity contribution in [2.45, 2.75) is 13.8 Å². The molecule has 2 N–H and O–H groups in total. The molecule has 6 heteroatoms. The molecule has 0 saturated heterocycles. The Labute approximate surface area is 266 Å². The van der Waals surface area contributed by atoms with Gasteiger partial charge in [-0.1, -0.05) is 78.9 Å². The molecule has 5 aromatic carbocycles. The van der Waals surface area contributed by atoms with Gasteiger partial charge in [0.2, 0.25) is 11.8 Å². The normalized spacial score (nSPS) is 11.0. The van der Waals surface area contributed by atoms with E-state index in [2.05, 4.69) is 65.2 Å². The zero-order valence-electron chi connectivity index (χ0n) is 25.4. The summed E-state index contributed by atoms with van der Waals surface area (Å²) < 4.78 is 0. The van der Waals surface area contributed by atoms with Crippen LogP contribution in [0.15, 0.2) is 133 Å². The van der Waals surface area contributed by atoms with Crippen LogP contribution < -0.4 is 10.6 Å². The minimum atomic E-state index is -0.118. The van der Waals surface area contributed by atoms with E-state index in [-0.39, 0.29) is 11.8 Å². The number of hydrogen-bond donors (Lipinski definition) is 2. The summed E-state index contributed by atoms with van der Waals surface area (Å²) in [6, 6.07) is 44.6. The second kappa shape index (κ2) is 12.1. The number of rotatable bonds is 6. The third kappa shape index (κ3) is 5.84. The fraction of sp³-hybridized carbons (Fsp3) is 0.0500. The molecule has 2 heterocycles. The van der Waals surface area contributed by atoms with Crippen molar-refractivity contribution in [2.75, 3.05) is 10.6 Å². The number of amides is 2. The smallest absolute Gasteiger partial charge is 0.221 e. The molecule has 0 spiro atoms. The highest BCUT2D eigenvalue weighted by atomic mass is 16.2. The number of carbonyl (C=O) groups excluding carboxylic acids is 2. The predicted octanol–water partition coefficient (Wildman–Crippen LogP) is 9.37. The lowest BCUT2D eigenvalue weighted by Gasteiger charge is -2.14. The van der Waals surface area contributed by atoms with Crippen LogP contribution in [0, 0.1) is 0 Å². The van der Waals surface area contributed by atoms with Gasteiger partial charge in [-0.15, -0.1) is 0 Å². The summed E-state index contributed by atoms with van der Waals surface area (Å²) in [5.41, 5.74) is 10.9. The van der Waals surface area contributed by atoms with Gasteiger partial charge in [0.05, 0.1) is 22.4 Å². The molecule has 0 unspecified atom stereocenters. The molecule has 2 aromatic heterocycles. The number of pyridine rings is 2. The van der Waals surface area contributed by atoms with E-state index in [1.54, 1.807) is 0 Å². The van der Waals surface area contributed by atoms with E-state index >= 15 is 0 Å². The molecule has 46 heavy (non-hydrogen) atoms. The summed E-state index contributed by atoms with van der Waals surface area (Å²) in [6.07, 6.45) is 0. The van der Waals surface area contributed by atoms with Crippen molar-refractivity contribution in [3.8, 4) is 44.8 Å². The first-order valence-corrected chi connectivity index (χ1v) is 15.1. The standard InChI is InChI=1S/C40H30N4O2/c1-25(45)41-31-16-18-37-35(21-31)33(27-10-5-3-6-11-27)23-39(43-37)29-14-9-15-30(20-29)40-24-34(28-12-7-4-8-13-28)36-22-32(42-26(2)46)17-19-38(36)44-40/h3-24H,1-2H3,(H,41,45)(H,42,46). The van der Waals surface area contributed by atoms with Crippen molar-refractivity contribution in [1.29, 1.82) is 0 Å². The molecule has 222 valence electrons. The number of nitrogens with zero attached hydrogens (tertiary/aromatic N) is 2. The van der Waals surface area contributed by atoms with Crippen LogP contribution in [0.5, 0.6) is 0 Å². The van der Waals surface area contributed by atoms with Crippen LogP contribution in [0.1, 0.15) is 13.8 Å². The first-order chi connectivity index (χ1) is 22.4. The molecule has 0 fully saturated rings. The Morgan fingerprint density at radius 2 is 0.870 bits per heavy atom. The van der Waals surface area contributed by atoms with E-state index in [9.17, 15) is 9.59 Å². The Morgan fingerprint density at radius 3 is 1.28 bits per heavy atom. The summed E-state index contributed by atoms with van der Waals surface area (Å²) in [4.78, 5) is 33.7. The van der Waals surface area contributed by atoms with Gasteiger partial charge in [-0.3, -0.25) is 9.59 Å². The molecule has 0 atom stereocenters. The summed E-state index contributed by atoms with van der Waals surface area (Å²) in [6.45, 7) is 3.01. The van der Waals surface area contributed by atoms with Crippen molar-refractivity contribution in [3.05, 3.63) is 133 Å². The first-order valence-electron chi connectivity index (χ1n) is 15.1. The van der Waals surface area contributed by atoms with Crippen LogP contribution >= 0.6 is 0 Å². The van der Waals surface area contributed by atoms with Crippen LogP contribution in [0.3, 0.4) is 0 Å². The summed E-state index contributed by atoms with van der Waals surface area (Å²) in [7, 11) is 0. The number of anilines is 2. The van der Waals surface area contributed by atoms with Crippen molar-refractivity contribution < 1.29 is 9.59 Å². The molecule has 0 aliphatic carbocycles. The van der Waals surface area contributed by atoms with E-state index in [4.69, 9.17) is 9.97 Å². The Balaban J connectivity index is 1.37. The number of hydrogen-bond acceptors (Lipinski definition) is 4.